The maximum absolute atomic E-state index is 12.1. The van der Waals surface area contributed by atoms with Gasteiger partial charge in [-0.15, -0.1) is 0 Å². The number of benzene rings is 2. The van der Waals surface area contributed by atoms with Crippen LogP contribution in [0.25, 0.3) is 11.1 Å². The van der Waals surface area contributed by atoms with Crippen LogP contribution in [0.3, 0.4) is 0 Å². The van der Waals surface area contributed by atoms with Crippen LogP contribution in [-0.4, -0.2) is 12.6 Å². The molecule has 0 fully saturated rings. The predicted octanol–water partition coefficient (Wildman–Crippen LogP) is 5.22. The first-order valence-corrected chi connectivity index (χ1v) is 6.03. The van der Waals surface area contributed by atoms with Gasteiger partial charge in [0.05, 0.1) is 0 Å². The van der Waals surface area contributed by atoms with Gasteiger partial charge in [-0.2, -0.15) is 26.3 Å². The molecule has 0 aliphatic carbocycles. The van der Waals surface area contributed by atoms with E-state index in [1.165, 1.54) is 59.2 Å². The van der Waals surface area contributed by atoms with Crippen molar-refractivity contribution in [1.29, 1.82) is 0 Å². The maximum Gasteiger partial charge on any atom is 0.482 e. The summed E-state index contributed by atoms with van der Waals surface area (Å²) in [5, 5.41) is 2.72. The van der Waals surface area contributed by atoms with Crippen molar-refractivity contribution in [3.8, 4) is 11.1 Å². The fraction of sp³-hybridized carbons (Fsp3) is 0.143. The second-order valence-electron chi connectivity index (χ2n) is 4.40. The minimum Gasteiger partial charge on any atom is -0.298 e. The van der Waals surface area contributed by atoms with Crippen LogP contribution in [0.15, 0.2) is 48.5 Å². The van der Waals surface area contributed by atoms with Crippen LogP contribution < -0.4 is 10.6 Å². The lowest BCUT2D eigenvalue weighted by atomic mass is 10.1. The van der Waals surface area contributed by atoms with Gasteiger partial charge in [0.25, 0.3) is 0 Å². The lowest BCUT2D eigenvalue weighted by Gasteiger charge is -2.12. The van der Waals surface area contributed by atoms with E-state index in [-0.39, 0.29) is 11.4 Å². The molecule has 0 aromatic heterocycles. The molecule has 0 unspecified atom stereocenters. The molecule has 2 nitrogen and oxygen atoms in total. The Hall–Kier alpha value is -2.38. The molecule has 2 N–H and O–H groups in total. The highest BCUT2D eigenvalue weighted by Gasteiger charge is 2.27. The maximum atomic E-state index is 12.1. The van der Waals surface area contributed by atoms with Crippen molar-refractivity contribution in [2.75, 3.05) is 10.6 Å². The summed E-state index contributed by atoms with van der Waals surface area (Å²) in [5.41, 5.74) is 0.941. The largest absolute Gasteiger partial charge is 0.482 e. The molecule has 2 rings (SSSR count). The molecule has 0 heterocycles. The van der Waals surface area contributed by atoms with Crippen LogP contribution in [0.1, 0.15) is 0 Å². The van der Waals surface area contributed by atoms with Gasteiger partial charge in [-0.25, -0.2) is 0 Å². The molecule has 2 aromatic carbocycles. The van der Waals surface area contributed by atoms with Crippen molar-refractivity contribution in [2.45, 2.75) is 12.6 Å². The van der Waals surface area contributed by atoms with Gasteiger partial charge < -0.3 is 0 Å². The van der Waals surface area contributed by atoms with Gasteiger partial charge in [0, 0.05) is 11.4 Å². The van der Waals surface area contributed by atoms with Gasteiger partial charge in [0.1, 0.15) is 0 Å². The zero-order valence-electron chi connectivity index (χ0n) is 10.9. The normalized spacial score (nSPS) is 12.1. The van der Waals surface area contributed by atoms with Crippen molar-refractivity contribution in [2.24, 2.45) is 0 Å². The number of hydrogen-bond acceptors (Lipinski definition) is 2. The number of anilines is 2. The number of hydrogen-bond donors (Lipinski definition) is 2. The van der Waals surface area contributed by atoms with Crippen molar-refractivity contribution >= 4 is 11.4 Å². The van der Waals surface area contributed by atoms with E-state index in [0.29, 0.717) is 11.1 Å². The first-order valence-electron chi connectivity index (χ1n) is 6.03. The molecule has 0 saturated heterocycles. The van der Waals surface area contributed by atoms with Crippen LogP contribution in [-0.2, 0) is 0 Å². The fourth-order valence-corrected chi connectivity index (χ4v) is 1.82. The zero-order chi connectivity index (χ0) is 16.4. The SMILES string of the molecule is FC(F)(F)Nc1ccc(-c2ccc(NC(F)(F)F)cc2)cc1. The molecule has 0 atom stereocenters. The third kappa shape index (κ3) is 4.87. The Kier molecular flexibility index (Phi) is 4.20. The minimum absolute atomic E-state index is 0.119. The highest BCUT2D eigenvalue weighted by Crippen LogP contribution is 2.27. The molecule has 0 saturated carbocycles. The van der Waals surface area contributed by atoms with E-state index < -0.39 is 12.6 Å². The summed E-state index contributed by atoms with van der Waals surface area (Å²) in [6.45, 7) is 0. The topological polar surface area (TPSA) is 24.1 Å². The monoisotopic (exact) mass is 320 g/mol. The summed E-state index contributed by atoms with van der Waals surface area (Å²) in [5.74, 6) is 0. The second-order valence-corrected chi connectivity index (χ2v) is 4.40. The van der Waals surface area contributed by atoms with E-state index in [0.717, 1.165) is 0 Å². The predicted molar refractivity (Wildman–Crippen MR) is 71.2 cm³/mol. The summed E-state index contributed by atoms with van der Waals surface area (Å²) in [6.07, 6.45) is -9.04. The molecule has 0 aliphatic heterocycles. The molecule has 0 radical (unpaired) electrons. The van der Waals surface area contributed by atoms with Gasteiger partial charge in [0.15, 0.2) is 0 Å². The minimum atomic E-state index is -4.52. The molecule has 22 heavy (non-hydrogen) atoms. The third-order valence-electron chi connectivity index (χ3n) is 2.68. The van der Waals surface area contributed by atoms with Crippen molar-refractivity contribution in [1.82, 2.24) is 0 Å². The van der Waals surface area contributed by atoms with E-state index >= 15 is 0 Å². The molecule has 0 aliphatic rings. The standard InChI is InChI=1S/C14H10F6N2/c15-13(16,17)21-11-5-1-9(2-6-11)10-3-7-12(8-4-10)22-14(18,19)20/h1-8,21-22H. The van der Waals surface area contributed by atoms with Crippen LogP contribution in [0.4, 0.5) is 37.7 Å². The molecule has 0 amide bonds. The number of rotatable bonds is 3. The van der Waals surface area contributed by atoms with E-state index in [1.54, 1.807) is 0 Å². The second kappa shape index (κ2) is 5.78. The Labute approximate surface area is 121 Å². The summed E-state index contributed by atoms with van der Waals surface area (Å²) < 4.78 is 72.8. The number of halogens is 6. The highest BCUT2D eigenvalue weighted by molar-refractivity contribution is 5.68. The van der Waals surface area contributed by atoms with Crippen LogP contribution >= 0.6 is 0 Å². The number of alkyl halides is 6. The molecule has 0 spiro atoms. The van der Waals surface area contributed by atoms with Gasteiger partial charge in [-0.1, -0.05) is 24.3 Å². The summed E-state index contributed by atoms with van der Waals surface area (Å²) in [4.78, 5) is 0. The van der Waals surface area contributed by atoms with Crippen molar-refractivity contribution in [3.63, 3.8) is 0 Å². The molecule has 118 valence electrons. The summed E-state index contributed by atoms with van der Waals surface area (Å²) in [7, 11) is 0. The lowest BCUT2D eigenvalue weighted by Crippen LogP contribution is -2.20. The lowest BCUT2D eigenvalue weighted by molar-refractivity contribution is -0.101. The average Bonchev–Trinajstić information content (AvgIpc) is 2.37. The Balaban J connectivity index is 2.12. The van der Waals surface area contributed by atoms with E-state index in [2.05, 4.69) is 0 Å². The fourth-order valence-electron chi connectivity index (χ4n) is 1.82. The quantitative estimate of drug-likeness (QED) is 0.599. The van der Waals surface area contributed by atoms with Gasteiger partial charge in [-0.05, 0) is 35.4 Å². The van der Waals surface area contributed by atoms with E-state index in [1.807, 2.05) is 0 Å². The first-order chi connectivity index (χ1) is 10.1. The molecular weight excluding hydrogens is 310 g/mol. The van der Waals surface area contributed by atoms with E-state index in [4.69, 9.17) is 0 Å². The smallest absolute Gasteiger partial charge is 0.298 e. The number of nitrogens with one attached hydrogen (secondary N) is 2. The average molecular weight is 320 g/mol. The van der Waals surface area contributed by atoms with Gasteiger partial charge >= 0.3 is 12.6 Å². The highest BCUT2D eigenvalue weighted by atomic mass is 19.4. The van der Waals surface area contributed by atoms with Crippen LogP contribution in [0.2, 0.25) is 0 Å². The third-order valence-corrected chi connectivity index (χ3v) is 2.68. The Bertz CT molecular complexity index is 556. The van der Waals surface area contributed by atoms with Gasteiger partial charge in [-0.3, -0.25) is 10.6 Å². The van der Waals surface area contributed by atoms with E-state index in [9.17, 15) is 26.3 Å². The van der Waals surface area contributed by atoms with Gasteiger partial charge in [0.2, 0.25) is 0 Å². The summed E-state index contributed by atoms with van der Waals surface area (Å²) in [6, 6.07) is 10.7. The Morgan fingerprint density at radius 1 is 0.500 bits per heavy atom. The van der Waals surface area contributed by atoms with Crippen LogP contribution in [0.5, 0.6) is 0 Å². The van der Waals surface area contributed by atoms with Crippen LogP contribution in [0, 0.1) is 0 Å². The summed E-state index contributed by atoms with van der Waals surface area (Å²) >= 11 is 0. The Morgan fingerprint density at radius 2 is 0.773 bits per heavy atom. The molecule has 8 heteroatoms. The Morgan fingerprint density at radius 3 is 1.00 bits per heavy atom. The first kappa shape index (κ1) is 16.0. The molecule has 2 aromatic rings. The molecular formula is C14H10F6N2. The van der Waals surface area contributed by atoms with Crippen molar-refractivity contribution in [3.05, 3.63) is 48.5 Å². The van der Waals surface area contributed by atoms with Crippen molar-refractivity contribution < 1.29 is 26.3 Å². The zero-order valence-corrected chi connectivity index (χ0v) is 10.9. The molecule has 0 bridgehead atoms.